The van der Waals surface area contributed by atoms with Crippen LogP contribution in [-0.2, 0) is 0 Å². The summed E-state index contributed by atoms with van der Waals surface area (Å²) < 4.78 is 1.72. The van der Waals surface area contributed by atoms with Crippen molar-refractivity contribution in [3.8, 4) is 0 Å². The molecular weight excluding hydrogens is 377 g/mol. The van der Waals surface area contributed by atoms with Crippen LogP contribution in [0.25, 0.3) is 0 Å². The standard InChI is InChI=1S/C16H22NO.3CH3.Sn/c18-16-8-4-7-15(16)17-11-9-14(10-12-17)13-5-2-1-3-6-13;;;;/h1-3,5,14-16,18H,4,7-12H2;3*1H3;. The summed E-state index contributed by atoms with van der Waals surface area (Å²) in [6, 6.07) is 9.69. The fourth-order valence-electron chi connectivity index (χ4n) is 4.42. The number of hydrogen-bond acceptors (Lipinski definition) is 2. The van der Waals surface area contributed by atoms with Crippen molar-refractivity contribution in [3.05, 3.63) is 29.8 Å². The third-order valence-corrected chi connectivity index (χ3v) is 11.6. The molecule has 1 aliphatic carbocycles. The van der Waals surface area contributed by atoms with Gasteiger partial charge in [0.1, 0.15) is 0 Å². The molecule has 1 saturated carbocycles. The zero-order valence-electron chi connectivity index (χ0n) is 14.4. The predicted molar refractivity (Wildman–Crippen MR) is 96.6 cm³/mol. The Kier molecular flexibility index (Phi) is 5.20. The summed E-state index contributed by atoms with van der Waals surface area (Å²) in [7, 11) is 0. The molecule has 0 bridgehead atoms. The number of piperidine rings is 1. The van der Waals surface area contributed by atoms with E-state index in [1.807, 2.05) is 0 Å². The van der Waals surface area contributed by atoms with Crippen LogP contribution in [0.1, 0.15) is 43.6 Å². The summed E-state index contributed by atoms with van der Waals surface area (Å²) in [5.41, 5.74) is 1.65. The fourth-order valence-corrected chi connectivity index (χ4v) is 9.42. The van der Waals surface area contributed by atoms with E-state index in [1.165, 1.54) is 38.8 Å². The van der Waals surface area contributed by atoms with Gasteiger partial charge in [0.25, 0.3) is 0 Å². The Bertz CT molecular complexity index is 502. The maximum absolute atomic E-state index is 10.1. The van der Waals surface area contributed by atoms with Crippen LogP contribution in [0.5, 0.6) is 0 Å². The molecule has 1 aromatic rings. The number of hydrogen-bond donors (Lipinski definition) is 1. The predicted octanol–water partition coefficient (Wildman–Crippen LogP) is 3.32. The van der Waals surface area contributed by atoms with Gasteiger partial charge in [-0.15, -0.1) is 0 Å². The van der Waals surface area contributed by atoms with Crippen molar-refractivity contribution in [3.63, 3.8) is 0 Å². The molecule has 2 fully saturated rings. The number of likely N-dealkylation sites (tertiary alicyclic amines) is 1. The number of rotatable bonds is 3. The van der Waals surface area contributed by atoms with Crippen molar-refractivity contribution < 1.29 is 5.11 Å². The van der Waals surface area contributed by atoms with Gasteiger partial charge in [0.05, 0.1) is 0 Å². The quantitative estimate of drug-likeness (QED) is 0.776. The van der Waals surface area contributed by atoms with Crippen LogP contribution in [0.4, 0.5) is 0 Å². The number of benzene rings is 1. The van der Waals surface area contributed by atoms with E-state index in [2.05, 4.69) is 44.0 Å². The van der Waals surface area contributed by atoms with Gasteiger partial charge in [-0.1, -0.05) is 0 Å². The van der Waals surface area contributed by atoms with E-state index in [4.69, 9.17) is 0 Å². The second kappa shape index (κ2) is 6.82. The van der Waals surface area contributed by atoms with Crippen LogP contribution in [0.2, 0.25) is 14.8 Å². The van der Waals surface area contributed by atoms with Gasteiger partial charge in [0.15, 0.2) is 0 Å². The van der Waals surface area contributed by atoms with Gasteiger partial charge in [0, 0.05) is 0 Å². The Balaban J connectivity index is 1.69. The summed E-state index contributed by atoms with van der Waals surface area (Å²) >= 11 is -2.03. The Hall–Kier alpha value is -0.0613. The van der Waals surface area contributed by atoms with E-state index in [9.17, 15) is 5.11 Å². The summed E-state index contributed by atoms with van der Waals surface area (Å²) in [6.07, 6.45) is 5.86. The molecule has 2 nitrogen and oxygen atoms in total. The van der Waals surface area contributed by atoms with Gasteiger partial charge in [0.2, 0.25) is 0 Å². The molecule has 1 saturated heterocycles. The summed E-state index contributed by atoms with van der Waals surface area (Å²) in [4.78, 5) is 10.1. The first-order valence-corrected chi connectivity index (χ1v) is 19.0. The Morgan fingerprint density at radius 2 is 1.68 bits per heavy atom. The fraction of sp³-hybridized carbons (Fsp3) is 0.684. The van der Waals surface area contributed by atoms with E-state index in [0.29, 0.717) is 6.04 Å². The molecule has 22 heavy (non-hydrogen) atoms. The van der Waals surface area contributed by atoms with E-state index < -0.39 is 18.4 Å². The Morgan fingerprint density at radius 1 is 1.00 bits per heavy atom. The van der Waals surface area contributed by atoms with Gasteiger partial charge >= 0.3 is 140 Å². The molecule has 1 aromatic carbocycles. The maximum atomic E-state index is 10.1. The van der Waals surface area contributed by atoms with E-state index >= 15 is 0 Å². The number of nitrogens with zero attached hydrogens (tertiary/aromatic N) is 1. The van der Waals surface area contributed by atoms with E-state index in [0.717, 1.165) is 12.3 Å². The van der Waals surface area contributed by atoms with E-state index in [1.54, 1.807) is 9.14 Å². The first-order valence-electron chi connectivity index (χ1n) is 8.98. The minimum atomic E-state index is -2.03. The summed E-state index contributed by atoms with van der Waals surface area (Å²) in [6.45, 7) is 2.33. The first kappa shape index (κ1) is 16.8. The van der Waals surface area contributed by atoms with Gasteiger partial charge < -0.3 is 0 Å². The molecule has 0 radical (unpaired) electrons. The molecule has 2 aliphatic rings. The average molecular weight is 408 g/mol. The van der Waals surface area contributed by atoms with Crippen molar-refractivity contribution in [2.75, 3.05) is 13.1 Å². The van der Waals surface area contributed by atoms with Crippen LogP contribution in [0.15, 0.2) is 24.3 Å². The van der Waals surface area contributed by atoms with Crippen LogP contribution in [-0.4, -0.2) is 53.6 Å². The van der Waals surface area contributed by atoms with Crippen molar-refractivity contribution in [1.82, 2.24) is 4.90 Å². The minimum absolute atomic E-state index is 0.0744. The zero-order chi connectivity index (χ0) is 15.7. The van der Waals surface area contributed by atoms with Crippen molar-refractivity contribution in [2.24, 2.45) is 0 Å². The van der Waals surface area contributed by atoms with Gasteiger partial charge in [-0.05, 0) is 0 Å². The summed E-state index contributed by atoms with van der Waals surface area (Å²) in [5.74, 6) is 0.738. The third kappa shape index (κ3) is 3.54. The molecule has 0 spiro atoms. The molecular formula is C19H31NOSn. The molecule has 2 unspecified atom stereocenters. The van der Waals surface area contributed by atoms with Crippen molar-refractivity contribution >= 4 is 22.0 Å². The molecule has 1 N–H and O–H groups in total. The molecule has 122 valence electrons. The van der Waals surface area contributed by atoms with Crippen LogP contribution >= 0.6 is 0 Å². The van der Waals surface area contributed by atoms with E-state index in [-0.39, 0.29) is 6.10 Å². The van der Waals surface area contributed by atoms with Gasteiger partial charge in [-0.25, -0.2) is 0 Å². The molecule has 1 aliphatic heterocycles. The van der Waals surface area contributed by atoms with Crippen LogP contribution in [0.3, 0.4) is 0 Å². The zero-order valence-corrected chi connectivity index (χ0v) is 17.2. The van der Waals surface area contributed by atoms with Gasteiger partial charge in [-0.2, -0.15) is 0 Å². The number of aliphatic hydroxyl groups excluding tert-OH is 1. The van der Waals surface area contributed by atoms with Crippen molar-refractivity contribution in [1.29, 1.82) is 0 Å². The molecule has 3 heteroatoms. The monoisotopic (exact) mass is 409 g/mol. The van der Waals surface area contributed by atoms with Crippen molar-refractivity contribution in [2.45, 2.75) is 65.0 Å². The normalized spacial score (nSPS) is 28.2. The molecule has 1 heterocycles. The Morgan fingerprint density at radius 3 is 2.27 bits per heavy atom. The Labute approximate surface area is 139 Å². The molecule has 3 rings (SSSR count). The van der Waals surface area contributed by atoms with Crippen LogP contribution in [0, 0.1) is 0 Å². The second-order valence-corrected chi connectivity index (χ2v) is 22.6. The van der Waals surface area contributed by atoms with Gasteiger partial charge in [-0.3, -0.25) is 0 Å². The molecule has 2 atom stereocenters. The first-order chi connectivity index (χ1) is 10.5. The van der Waals surface area contributed by atoms with Crippen LogP contribution < -0.4 is 3.58 Å². The second-order valence-electron chi connectivity index (χ2n) is 8.21. The average Bonchev–Trinajstić information content (AvgIpc) is 2.93. The molecule has 0 aromatic heterocycles. The topological polar surface area (TPSA) is 23.5 Å². The number of aliphatic hydroxyl groups is 1. The SMILES string of the molecule is [CH3][Sn]([CH3])([CH3])[c]1ccccc1C1CCN(C2CCCC2O)CC1. The third-order valence-electron chi connectivity index (χ3n) is 5.65. The summed E-state index contributed by atoms with van der Waals surface area (Å²) in [5, 5.41) is 10.1. The molecule has 0 amide bonds.